The molecule has 5 heteroatoms. The summed E-state index contributed by atoms with van der Waals surface area (Å²) in [6.45, 7) is 1.25. The van der Waals surface area contributed by atoms with Crippen molar-refractivity contribution in [2.45, 2.75) is 18.9 Å². The van der Waals surface area contributed by atoms with Gasteiger partial charge in [0.25, 0.3) is 5.91 Å². The topological polar surface area (TPSA) is 55.6 Å². The van der Waals surface area contributed by atoms with Gasteiger partial charge >= 0.3 is 0 Å². The molecule has 1 fully saturated rings. The van der Waals surface area contributed by atoms with Gasteiger partial charge in [-0.05, 0) is 31.0 Å². The van der Waals surface area contributed by atoms with E-state index in [2.05, 4.69) is 0 Å². The van der Waals surface area contributed by atoms with Crippen LogP contribution in [0.5, 0.6) is 0 Å². The quantitative estimate of drug-likeness (QED) is 0.814. The first-order valence-corrected chi connectivity index (χ1v) is 5.99. The van der Waals surface area contributed by atoms with Gasteiger partial charge in [0.15, 0.2) is 0 Å². The molecule has 0 aliphatic carbocycles. The van der Waals surface area contributed by atoms with E-state index in [9.17, 15) is 9.18 Å². The van der Waals surface area contributed by atoms with E-state index in [4.69, 9.17) is 10.5 Å². The number of methoxy groups -OCH3 is 1. The van der Waals surface area contributed by atoms with E-state index < -0.39 is 5.82 Å². The molecule has 1 aliphatic heterocycles. The third kappa shape index (κ3) is 2.61. The highest BCUT2D eigenvalue weighted by Crippen LogP contribution is 2.19. The number of nitrogens with zero attached hydrogens (tertiary/aromatic N) is 1. The van der Waals surface area contributed by atoms with Crippen LogP contribution in [-0.4, -0.2) is 37.1 Å². The molecular weight excluding hydrogens is 235 g/mol. The summed E-state index contributed by atoms with van der Waals surface area (Å²) in [5, 5.41) is 0. The van der Waals surface area contributed by atoms with E-state index in [-0.39, 0.29) is 17.7 Å². The Morgan fingerprint density at radius 3 is 3.00 bits per heavy atom. The Balaban J connectivity index is 2.15. The zero-order valence-electron chi connectivity index (χ0n) is 10.4. The summed E-state index contributed by atoms with van der Waals surface area (Å²) in [5.74, 6) is -0.591. The van der Waals surface area contributed by atoms with Crippen molar-refractivity contribution in [1.82, 2.24) is 4.90 Å². The van der Waals surface area contributed by atoms with Gasteiger partial charge < -0.3 is 15.4 Å². The third-order valence-corrected chi connectivity index (χ3v) is 3.24. The molecule has 0 saturated carbocycles. The number of carbonyl (C=O) groups excluding carboxylic acids is 1. The first-order valence-electron chi connectivity index (χ1n) is 5.99. The summed E-state index contributed by atoms with van der Waals surface area (Å²) < 4.78 is 18.2. The molecule has 0 aromatic heterocycles. The summed E-state index contributed by atoms with van der Waals surface area (Å²) in [7, 11) is 1.64. The number of amides is 1. The minimum atomic E-state index is -0.433. The number of benzene rings is 1. The van der Waals surface area contributed by atoms with E-state index >= 15 is 0 Å². The number of nitrogens with two attached hydrogens (primary N) is 1. The molecule has 2 rings (SSSR count). The van der Waals surface area contributed by atoms with Crippen LogP contribution in [0.2, 0.25) is 0 Å². The summed E-state index contributed by atoms with van der Waals surface area (Å²) in [4.78, 5) is 14.0. The predicted molar refractivity (Wildman–Crippen MR) is 66.7 cm³/mol. The van der Waals surface area contributed by atoms with Crippen LogP contribution >= 0.6 is 0 Å². The molecule has 1 unspecified atom stereocenters. The Morgan fingerprint density at radius 2 is 2.33 bits per heavy atom. The van der Waals surface area contributed by atoms with Gasteiger partial charge in [-0.2, -0.15) is 0 Å². The van der Waals surface area contributed by atoms with Crippen LogP contribution in [0.15, 0.2) is 18.2 Å². The normalized spacial score (nSPS) is 19.9. The largest absolute Gasteiger partial charge is 0.398 e. The van der Waals surface area contributed by atoms with Crippen LogP contribution in [0.25, 0.3) is 0 Å². The van der Waals surface area contributed by atoms with Crippen LogP contribution in [-0.2, 0) is 4.74 Å². The van der Waals surface area contributed by atoms with Crippen molar-refractivity contribution in [3.05, 3.63) is 29.6 Å². The number of halogens is 1. The molecule has 1 aromatic rings. The van der Waals surface area contributed by atoms with E-state index in [0.29, 0.717) is 18.7 Å². The van der Waals surface area contributed by atoms with Crippen LogP contribution in [0.3, 0.4) is 0 Å². The zero-order chi connectivity index (χ0) is 13.1. The van der Waals surface area contributed by atoms with Gasteiger partial charge in [0.05, 0.1) is 11.7 Å². The molecule has 1 saturated heterocycles. The lowest BCUT2D eigenvalue weighted by atomic mass is 10.1. The lowest BCUT2D eigenvalue weighted by Gasteiger charge is -2.32. The number of hydrogen-bond donors (Lipinski definition) is 1. The standard InChI is InChI=1S/C13H17FN2O2/c1-18-10-3-2-6-16(8-10)13(17)11-5-4-9(14)7-12(11)15/h4-5,7,10H,2-3,6,8,15H2,1H3. The van der Waals surface area contributed by atoms with Crippen LogP contribution in [0, 0.1) is 5.82 Å². The maximum absolute atomic E-state index is 12.9. The summed E-state index contributed by atoms with van der Waals surface area (Å²) in [6.07, 6.45) is 1.94. The Kier molecular flexibility index (Phi) is 3.81. The van der Waals surface area contributed by atoms with Crippen LogP contribution < -0.4 is 5.73 Å². The lowest BCUT2D eigenvalue weighted by molar-refractivity contribution is 0.0269. The van der Waals surface area contributed by atoms with Gasteiger partial charge in [0.1, 0.15) is 5.82 Å². The molecular formula is C13H17FN2O2. The van der Waals surface area contributed by atoms with Crippen LogP contribution in [0.4, 0.5) is 10.1 Å². The highest BCUT2D eigenvalue weighted by molar-refractivity contribution is 5.99. The highest BCUT2D eigenvalue weighted by Gasteiger charge is 2.25. The molecule has 1 aromatic carbocycles. The molecule has 1 heterocycles. The molecule has 1 atom stereocenters. The fourth-order valence-corrected chi connectivity index (χ4v) is 2.21. The molecule has 1 amide bonds. The molecule has 18 heavy (non-hydrogen) atoms. The Labute approximate surface area is 106 Å². The van der Waals surface area contributed by atoms with Crippen molar-refractivity contribution < 1.29 is 13.9 Å². The monoisotopic (exact) mass is 252 g/mol. The second-order valence-electron chi connectivity index (χ2n) is 4.48. The summed E-state index contributed by atoms with van der Waals surface area (Å²) in [5.41, 5.74) is 6.21. The highest BCUT2D eigenvalue weighted by atomic mass is 19.1. The number of carbonyl (C=O) groups is 1. The molecule has 0 spiro atoms. The smallest absolute Gasteiger partial charge is 0.256 e. The summed E-state index contributed by atoms with van der Waals surface area (Å²) in [6, 6.07) is 3.86. The molecule has 4 nitrogen and oxygen atoms in total. The lowest BCUT2D eigenvalue weighted by Crippen LogP contribution is -2.43. The molecule has 98 valence electrons. The number of anilines is 1. The van der Waals surface area contributed by atoms with Crippen molar-refractivity contribution >= 4 is 11.6 Å². The van der Waals surface area contributed by atoms with Gasteiger partial charge in [0.2, 0.25) is 0 Å². The van der Waals surface area contributed by atoms with Gasteiger partial charge in [-0.1, -0.05) is 0 Å². The average Bonchev–Trinajstić information content (AvgIpc) is 2.38. The van der Waals surface area contributed by atoms with Gasteiger partial charge in [-0.25, -0.2) is 4.39 Å². The van der Waals surface area contributed by atoms with Gasteiger partial charge in [0, 0.05) is 25.9 Å². The Hall–Kier alpha value is -1.62. The first-order chi connectivity index (χ1) is 8.61. The second-order valence-corrected chi connectivity index (χ2v) is 4.48. The van der Waals surface area contributed by atoms with Crippen molar-refractivity contribution in [2.75, 3.05) is 25.9 Å². The van der Waals surface area contributed by atoms with E-state index in [0.717, 1.165) is 12.8 Å². The molecule has 1 aliphatic rings. The third-order valence-electron chi connectivity index (χ3n) is 3.24. The average molecular weight is 252 g/mol. The van der Waals surface area contributed by atoms with E-state index in [1.165, 1.54) is 18.2 Å². The minimum absolute atomic E-state index is 0.0735. The number of nitrogen functional groups attached to an aromatic ring is 1. The van der Waals surface area contributed by atoms with Crippen molar-refractivity contribution in [3.8, 4) is 0 Å². The molecule has 2 N–H and O–H groups in total. The van der Waals surface area contributed by atoms with Crippen molar-refractivity contribution in [1.29, 1.82) is 0 Å². The van der Waals surface area contributed by atoms with E-state index in [1.54, 1.807) is 12.0 Å². The molecule has 0 bridgehead atoms. The van der Waals surface area contributed by atoms with Gasteiger partial charge in [-0.3, -0.25) is 4.79 Å². The maximum atomic E-state index is 12.9. The predicted octanol–water partition coefficient (Wildman–Crippen LogP) is 1.66. The fourth-order valence-electron chi connectivity index (χ4n) is 2.21. The number of ether oxygens (including phenoxy) is 1. The zero-order valence-corrected chi connectivity index (χ0v) is 10.4. The first kappa shape index (κ1) is 12.8. The SMILES string of the molecule is COC1CCCN(C(=O)c2ccc(F)cc2N)C1. The number of likely N-dealkylation sites (tertiary alicyclic amines) is 1. The van der Waals surface area contributed by atoms with E-state index in [1.807, 2.05) is 0 Å². The fraction of sp³-hybridized carbons (Fsp3) is 0.462. The van der Waals surface area contributed by atoms with Gasteiger partial charge in [-0.15, -0.1) is 0 Å². The number of rotatable bonds is 2. The Bertz CT molecular complexity index is 451. The van der Waals surface area contributed by atoms with Crippen molar-refractivity contribution in [2.24, 2.45) is 0 Å². The minimum Gasteiger partial charge on any atom is -0.398 e. The number of hydrogen-bond acceptors (Lipinski definition) is 3. The molecule has 0 radical (unpaired) electrons. The van der Waals surface area contributed by atoms with Crippen molar-refractivity contribution in [3.63, 3.8) is 0 Å². The summed E-state index contributed by atoms with van der Waals surface area (Å²) >= 11 is 0. The number of piperidine rings is 1. The second kappa shape index (κ2) is 5.35. The van der Waals surface area contributed by atoms with Crippen LogP contribution in [0.1, 0.15) is 23.2 Å². The maximum Gasteiger partial charge on any atom is 0.256 e. The Morgan fingerprint density at radius 1 is 1.56 bits per heavy atom.